The van der Waals surface area contributed by atoms with Gasteiger partial charge in [-0.15, -0.1) is 24.0 Å². The first-order chi connectivity index (χ1) is 14.1. The average molecular weight is 561 g/mol. The van der Waals surface area contributed by atoms with Gasteiger partial charge in [-0.25, -0.2) is 13.1 Å². The zero-order valence-corrected chi connectivity index (χ0v) is 21.5. The number of guanidine groups is 1. The third-order valence-electron chi connectivity index (χ3n) is 5.29. The summed E-state index contributed by atoms with van der Waals surface area (Å²) in [6.45, 7) is 5.51. The maximum absolute atomic E-state index is 12.2. The van der Waals surface area contributed by atoms with E-state index in [2.05, 4.69) is 20.3 Å². The summed E-state index contributed by atoms with van der Waals surface area (Å²) in [4.78, 5) is 4.51. The first-order valence-corrected chi connectivity index (χ1v) is 13.0. The molecule has 2 rings (SSSR count). The molecule has 2 fully saturated rings. The van der Waals surface area contributed by atoms with Gasteiger partial charge in [-0.2, -0.15) is 0 Å². The molecule has 178 valence electrons. The fraction of sp³-hybridized carbons (Fsp3) is 0.950. The lowest BCUT2D eigenvalue weighted by Gasteiger charge is -2.22. The summed E-state index contributed by atoms with van der Waals surface area (Å²) in [5.41, 5.74) is 0. The number of aliphatic imine (C=N–C) groups is 1. The molecular weight excluding hydrogens is 519 g/mol. The van der Waals surface area contributed by atoms with Crippen LogP contribution in [0.3, 0.4) is 0 Å². The highest BCUT2D eigenvalue weighted by atomic mass is 127. The van der Waals surface area contributed by atoms with Gasteiger partial charge in [0.15, 0.2) is 5.96 Å². The van der Waals surface area contributed by atoms with Crippen LogP contribution in [0, 0.1) is 0 Å². The van der Waals surface area contributed by atoms with Crippen molar-refractivity contribution < 1.29 is 17.9 Å². The van der Waals surface area contributed by atoms with Crippen LogP contribution in [0.5, 0.6) is 0 Å². The summed E-state index contributed by atoms with van der Waals surface area (Å²) in [6.07, 6.45) is 10.6. The van der Waals surface area contributed by atoms with Gasteiger partial charge in [0.1, 0.15) is 0 Å². The monoisotopic (exact) mass is 560 g/mol. The predicted octanol–water partition coefficient (Wildman–Crippen LogP) is 2.39. The van der Waals surface area contributed by atoms with E-state index in [1.54, 1.807) is 0 Å². The zero-order chi connectivity index (χ0) is 20.8. The number of ether oxygens (including phenoxy) is 2. The molecule has 30 heavy (non-hydrogen) atoms. The smallest absolute Gasteiger partial charge is 0.213 e. The molecule has 1 unspecified atom stereocenters. The normalized spacial score (nSPS) is 21.1. The topological polar surface area (TPSA) is 101 Å². The maximum atomic E-state index is 12.2. The van der Waals surface area contributed by atoms with Crippen molar-refractivity contribution in [3.05, 3.63) is 0 Å². The molecule has 1 saturated carbocycles. The number of hydrogen-bond donors (Lipinski definition) is 3. The Hall–Kier alpha value is -0.170. The molecular formula is C20H41IN4O4S. The molecule has 3 N–H and O–H groups in total. The summed E-state index contributed by atoms with van der Waals surface area (Å²) < 4.78 is 38.5. The van der Waals surface area contributed by atoms with Crippen LogP contribution in [0.15, 0.2) is 4.99 Å². The molecule has 0 radical (unpaired) electrons. The predicted molar refractivity (Wildman–Crippen MR) is 132 cm³/mol. The Bertz CT molecular complexity index is 565. The zero-order valence-electron chi connectivity index (χ0n) is 18.4. The molecule has 0 aromatic heterocycles. The lowest BCUT2D eigenvalue weighted by molar-refractivity contribution is 0.0200. The Labute approximate surface area is 199 Å². The second kappa shape index (κ2) is 16.5. The van der Waals surface area contributed by atoms with E-state index in [1.807, 2.05) is 6.92 Å². The van der Waals surface area contributed by atoms with Gasteiger partial charge in [-0.3, -0.25) is 4.99 Å². The van der Waals surface area contributed by atoms with Gasteiger partial charge in [0.2, 0.25) is 10.0 Å². The Morgan fingerprint density at radius 3 is 2.57 bits per heavy atom. The lowest BCUT2D eigenvalue weighted by Crippen LogP contribution is -2.42. The summed E-state index contributed by atoms with van der Waals surface area (Å²) >= 11 is 0. The van der Waals surface area contributed by atoms with E-state index in [4.69, 9.17) is 9.47 Å². The molecule has 1 aliphatic heterocycles. The maximum Gasteiger partial charge on any atom is 0.213 e. The van der Waals surface area contributed by atoms with Crippen LogP contribution in [0.1, 0.15) is 64.7 Å². The van der Waals surface area contributed by atoms with Crippen molar-refractivity contribution in [2.75, 3.05) is 45.1 Å². The van der Waals surface area contributed by atoms with Crippen molar-refractivity contribution in [2.24, 2.45) is 4.99 Å². The van der Waals surface area contributed by atoms with Crippen LogP contribution < -0.4 is 15.4 Å². The Morgan fingerprint density at radius 2 is 1.87 bits per heavy atom. The highest BCUT2D eigenvalue weighted by Gasteiger charge is 2.17. The Balaban J connectivity index is 0.00000450. The minimum Gasteiger partial charge on any atom is -0.378 e. The van der Waals surface area contributed by atoms with Gasteiger partial charge in [0.25, 0.3) is 0 Å². The van der Waals surface area contributed by atoms with Gasteiger partial charge in [0, 0.05) is 39.4 Å². The lowest BCUT2D eigenvalue weighted by atomic mass is 9.98. The molecule has 8 nitrogen and oxygen atoms in total. The van der Waals surface area contributed by atoms with E-state index >= 15 is 0 Å². The second-order valence-corrected chi connectivity index (χ2v) is 9.75. The number of halogens is 1. The third kappa shape index (κ3) is 12.6. The van der Waals surface area contributed by atoms with Gasteiger partial charge in [-0.1, -0.05) is 19.3 Å². The molecule has 1 aliphatic carbocycles. The van der Waals surface area contributed by atoms with Crippen molar-refractivity contribution >= 4 is 40.0 Å². The largest absolute Gasteiger partial charge is 0.378 e. The van der Waals surface area contributed by atoms with Gasteiger partial charge < -0.3 is 20.1 Å². The molecule has 10 heteroatoms. The molecule has 1 atom stereocenters. The first kappa shape index (κ1) is 27.9. The molecule has 1 heterocycles. The van der Waals surface area contributed by atoms with E-state index in [-0.39, 0.29) is 35.8 Å². The minimum atomic E-state index is -3.33. The molecule has 0 aromatic rings. The number of nitrogens with one attached hydrogen (secondary N) is 3. The highest BCUT2D eigenvalue weighted by molar-refractivity contribution is 14.0. The second-order valence-electron chi connectivity index (χ2n) is 7.83. The average Bonchev–Trinajstić information content (AvgIpc) is 2.73. The van der Waals surface area contributed by atoms with E-state index in [0.29, 0.717) is 31.7 Å². The quantitative estimate of drug-likeness (QED) is 0.147. The van der Waals surface area contributed by atoms with Crippen LogP contribution in [0.4, 0.5) is 0 Å². The van der Waals surface area contributed by atoms with E-state index in [9.17, 15) is 8.42 Å². The number of sulfonamides is 1. The van der Waals surface area contributed by atoms with Gasteiger partial charge in [-0.05, 0) is 45.4 Å². The molecule has 0 aromatic carbocycles. The van der Waals surface area contributed by atoms with Crippen LogP contribution >= 0.6 is 24.0 Å². The van der Waals surface area contributed by atoms with Crippen LogP contribution in [-0.4, -0.2) is 71.7 Å². The van der Waals surface area contributed by atoms with Crippen molar-refractivity contribution in [2.45, 2.75) is 76.9 Å². The molecule has 0 spiro atoms. The van der Waals surface area contributed by atoms with Crippen molar-refractivity contribution in [1.29, 1.82) is 0 Å². The van der Waals surface area contributed by atoms with Gasteiger partial charge >= 0.3 is 0 Å². The standard InChI is InChI=1S/C20H40N4O4S.HI/c1-2-21-20(22-12-8-15-27-18-9-4-3-5-10-18)23-13-16-29(25,26)24-17-19-11-6-7-14-28-19;/h18-19,24H,2-17H2,1H3,(H2,21,22,23);1H. The van der Waals surface area contributed by atoms with Gasteiger partial charge in [0.05, 0.1) is 18.0 Å². The van der Waals surface area contributed by atoms with E-state index in [1.165, 1.54) is 32.1 Å². The van der Waals surface area contributed by atoms with Crippen LogP contribution in [0.25, 0.3) is 0 Å². The summed E-state index contributed by atoms with van der Waals surface area (Å²) in [5.74, 6) is 0.658. The fourth-order valence-electron chi connectivity index (χ4n) is 3.64. The van der Waals surface area contributed by atoms with E-state index in [0.717, 1.165) is 45.4 Å². The summed E-state index contributed by atoms with van der Waals surface area (Å²) in [5, 5.41) is 6.26. The minimum absolute atomic E-state index is 0. The third-order valence-corrected chi connectivity index (χ3v) is 6.64. The molecule has 0 amide bonds. The summed E-state index contributed by atoms with van der Waals surface area (Å²) in [6, 6.07) is 0. The van der Waals surface area contributed by atoms with Crippen LogP contribution in [-0.2, 0) is 19.5 Å². The molecule has 0 bridgehead atoms. The molecule has 1 saturated heterocycles. The van der Waals surface area contributed by atoms with Crippen molar-refractivity contribution in [3.8, 4) is 0 Å². The van der Waals surface area contributed by atoms with Crippen molar-refractivity contribution in [3.63, 3.8) is 0 Å². The van der Waals surface area contributed by atoms with Crippen molar-refractivity contribution in [1.82, 2.24) is 15.4 Å². The Kier molecular flexibility index (Phi) is 15.3. The van der Waals surface area contributed by atoms with E-state index < -0.39 is 10.0 Å². The number of hydrogen-bond acceptors (Lipinski definition) is 5. The van der Waals surface area contributed by atoms with Crippen LogP contribution in [0.2, 0.25) is 0 Å². The number of nitrogens with zero attached hydrogens (tertiary/aromatic N) is 1. The number of rotatable bonds is 12. The molecule has 2 aliphatic rings. The Morgan fingerprint density at radius 1 is 1.10 bits per heavy atom. The SMILES string of the molecule is CCNC(=NCCCOC1CCCCC1)NCCS(=O)(=O)NCC1CCCCO1.I. The fourth-order valence-corrected chi connectivity index (χ4v) is 4.60. The highest BCUT2D eigenvalue weighted by Crippen LogP contribution is 2.20. The summed E-state index contributed by atoms with van der Waals surface area (Å²) in [7, 11) is -3.33. The first-order valence-electron chi connectivity index (χ1n) is 11.3.